The van der Waals surface area contributed by atoms with E-state index in [4.69, 9.17) is 23.2 Å². The van der Waals surface area contributed by atoms with Crippen LogP contribution in [-0.4, -0.2) is 26.2 Å². The molecule has 0 aliphatic rings. The van der Waals surface area contributed by atoms with Crippen LogP contribution in [0.5, 0.6) is 0 Å². The van der Waals surface area contributed by atoms with Gasteiger partial charge in [0.2, 0.25) is 5.78 Å². The molecule has 156 valence electrons. The summed E-state index contributed by atoms with van der Waals surface area (Å²) in [6.07, 6.45) is 3.84. The topological polar surface area (TPSA) is 71.7 Å². The second-order valence-electron chi connectivity index (χ2n) is 7.12. The monoisotopic (exact) mass is 452 g/mol. The normalized spacial score (nSPS) is 11.1. The van der Waals surface area contributed by atoms with E-state index in [0.717, 1.165) is 27.8 Å². The molecule has 0 amide bonds. The number of ketones is 1. The molecule has 3 heterocycles. The zero-order chi connectivity index (χ0) is 22.3. The molecule has 4 aromatic rings. The van der Waals surface area contributed by atoms with Crippen molar-refractivity contribution in [1.82, 2.24) is 9.38 Å². The fraction of sp³-hybridized carbons (Fsp3) is 0.125. The van der Waals surface area contributed by atoms with E-state index in [1.807, 2.05) is 48.7 Å². The van der Waals surface area contributed by atoms with Gasteiger partial charge in [-0.2, -0.15) is 0 Å². The summed E-state index contributed by atoms with van der Waals surface area (Å²) in [5, 5.41) is 9.74. The lowest BCUT2D eigenvalue weighted by molar-refractivity contribution is 0.0695. The van der Waals surface area contributed by atoms with Crippen molar-refractivity contribution in [2.75, 3.05) is 0 Å². The van der Waals surface area contributed by atoms with Gasteiger partial charge in [-0.3, -0.25) is 4.79 Å². The summed E-state index contributed by atoms with van der Waals surface area (Å²) in [5.74, 6) is -1.29. The molecule has 7 heteroatoms. The lowest BCUT2D eigenvalue weighted by atomic mass is 9.95. The Morgan fingerprint density at radius 2 is 1.90 bits per heavy atom. The van der Waals surface area contributed by atoms with Gasteiger partial charge in [0.1, 0.15) is 5.15 Å². The van der Waals surface area contributed by atoms with Gasteiger partial charge in [0.05, 0.1) is 27.4 Å². The minimum Gasteiger partial charge on any atom is -0.478 e. The lowest BCUT2D eigenvalue weighted by Crippen LogP contribution is -2.09. The van der Waals surface area contributed by atoms with Gasteiger partial charge in [0, 0.05) is 18.0 Å². The van der Waals surface area contributed by atoms with Crippen molar-refractivity contribution in [3.05, 3.63) is 93.0 Å². The third kappa shape index (κ3) is 3.50. The number of carbonyl (C=O) groups excluding carboxylic acids is 1. The first-order chi connectivity index (χ1) is 14.8. The molecule has 0 aliphatic carbocycles. The standard InChI is InChI=1S/C24H18Cl2N2O3/c1-3-14-12-15(7-8-16(14)24(30)31)19-13(2)21(28-11-5-4-6-18(19)28)22(29)20-17(25)9-10-27-23(20)26/h4-12H,3H2,1-2H3,(H,30,31). The highest BCUT2D eigenvalue weighted by Gasteiger charge is 2.26. The molecule has 3 aromatic heterocycles. The summed E-state index contributed by atoms with van der Waals surface area (Å²) in [5.41, 5.74) is 4.85. The van der Waals surface area contributed by atoms with Gasteiger partial charge in [-0.15, -0.1) is 0 Å². The molecule has 0 saturated carbocycles. The van der Waals surface area contributed by atoms with Crippen molar-refractivity contribution in [2.45, 2.75) is 20.3 Å². The molecule has 1 N–H and O–H groups in total. The maximum atomic E-state index is 13.5. The first-order valence-electron chi connectivity index (χ1n) is 9.66. The van der Waals surface area contributed by atoms with E-state index >= 15 is 0 Å². The van der Waals surface area contributed by atoms with Crippen LogP contribution >= 0.6 is 23.2 Å². The summed E-state index contributed by atoms with van der Waals surface area (Å²) >= 11 is 12.5. The summed E-state index contributed by atoms with van der Waals surface area (Å²) in [6.45, 7) is 3.78. The first-order valence-corrected chi connectivity index (χ1v) is 10.4. The molecule has 0 unspecified atom stereocenters. The van der Waals surface area contributed by atoms with Gasteiger partial charge in [-0.05, 0) is 54.3 Å². The molecule has 4 rings (SSSR count). The Kier molecular flexibility index (Phi) is 5.56. The van der Waals surface area contributed by atoms with Gasteiger partial charge in [-0.1, -0.05) is 48.3 Å². The average Bonchev–Trinajstić information content (AvgIpc) is 3.04. The fourth-order valence-electron chi connectivity index (χ4n) is 3.96. The Labute approximate surface area is 188 Å². The van der Waals surface area contributed by atoms with Crippen molar-refractivity contribution in [1.29, 1.82) is 0 Å². The number of aryl methyl sites for hydroxylation is 1. The lowest BCUT2D eigenvalue weighted by Gasteiger charge is -2.09. The highest BCUT2D eigenvalue weighted by molar-refractivity contribution is 6.40. The number of halogens is 2. The number of carboxylic acids is 1. The third-order valence-electron chi connectivity index (χ3n) is 5.39. The van der Waals surface area contributed by atoms with Crippen LogP contribution in [0.2, 0.25) is 10.2 Å². The van der Waals surface area contributed by atoms with Crippen molar-refractivity contribution < 1.29 is 14.7 Å². The van der Waals surface area contributed by atoms with Gasteiger partial charge < -0.3 is 9.51 Å². The van der Waals surface area contributed by atoms with Crippen LogP contribution in [0, 0.1) is 6.92 Å². The van der Waals surface area contributed by atoms with Gasteiger partial charge in [0.15, 0.2) is 0 Å². The van der Waals surface area contributed by atoms with E-state index in [1.165, 1.54) is 12.3 Å². The second kappa shape index (κ2) is 8.17. The summed E-state index contributed by atoms with van der Waals surface area (Å²) in [7, 11) is 0. The SMILES string of the molecule is CCc1cc(-c2c(C)c(C(=O)c3c(Cl)ccnc3Cl)n3ccccc23)ccc1C(=O)O. The quantitative estimate of drug-likeness (QED) is 0.293. The molecule has 5 nitrogen and oxygen atoms in total. The zero-order valence-electron chi connectivity index (χ0n) is 16.8. The zero-order valence-corrected chi connectivity index (χ0v) is 18.3. The van der Waals surface area contributed by atoms with E-state index in [-0.39, 0.29) is 27.1 Å². The number of carboxylic acid groups (broad SMARTS) is 1. The van der Waals surface area contributed by atoms with E-state index in [0.29, 0.717) is 12.1 Å². The predicted molar refractivity (Wildman–Crippen MR) is 122 cm³/mol. The minimum absolute atomic E-state index is 0.0448. The van der Waals surface area contributed by atoms with Crippen LogP contribution in [0.4, 0.5) is 0 Å². The van der Waals surface area contributed by atoms with E-state index in [2.05, 4.69) is 4.98 Å². The van der Waals surface area contributed by atoms with Crippen molar-refractivity contribution in [3.63, 3.8) is 0 Å². The molecule has 0 aliphatic heterocycles. The molecular weight excluding hydrogens is 435 g/mol. The van der Waals surface area contributed by atoms with Crippen LogP contribution in [0.15, 0.2) is 54.9 Å². The van der Waals surface area contributed by atoms with Crippen LogP contribution in [0.3, 0.4) is 0 Å². The van der Waals surface area contributed by atoms with Crippen LogP contribution in [0.1, 0.15) is 44.5 Å². The van der Waals surface area contributed by atoms with E-state index < -0.39 is 5.97 Å². The number of nitrogens with zero attached hydrogens (tertiary/aromatic N) is 2. The van der Waals surface area contributed by atoms with Crippen LogP contribution in [-0.2, 0) is 6.42 Å². The maximum Gasteiger partial charge on any atom is 0.335 e. The number of hydrogen-bond donors (Lipinski definition) is 1. The predicted octanol–water partition coefficient (Wildman–Crippen LogP) is 6.11. The number of aromatic nitrogens is 2. The molecule has 0 fully saturated rings. The van der Waals surface area contributed by atoms with Crippen LogP contribution in [0.25, 0.3) is 16.6 Å². The number of pyridine rings is 2. The van der Waals surface area contributed by atoms with Crippen molar-refractivity contribution >= 4 is 40.5 Å². The number of carbonyl (C=O) groups is 2. The number of hydrogen-bond acceptors (Lipinski definition) is 3. The third-order valence-corrected chi connectivity index (χ3v) is 5.99. The van der Waals surface area contributed by atoms with Crippen molar-refractivity contribution in [2.24, 2.45) is 0 Å². The van der Waals surface area contributed by atoms with Crippen molar-refractivity contribution in [3.8, 4) is 11.1 Å². The number of rotatable bonds is 5. The number of aromatic carboxylic acids is 1. The van der Waals surface area contributed by atoms with Gasteiger partial charge in [0.25, 0.3) is 0 Å². The second-order valence-corrected chi connectivity index (χ2v) is 7.89. The highest BCUT2D eigenvalue weighted by Crippen LogP contribution is 2.36. The molecule has 0 spiro atoms. The molecule has 31 heavy (non-hydrogen) atoms. The van der Waals surface area contributed by atoms with E-state index in [1.54, 1.807) is 12.1 Å². The summed E-state index contributed by atoms with van der Waals surface area (Å²) in [6, 6.07) is 12.4. The molecule has 1 aromatic carbocycles. The maximum absolute atomic E-state index is 13.5. The highest BCUT2D eigenvalue weighted by atomic mass is 35.5. The average molecular weight is 453 g/mol. The molecule has 0 bridgehead atoms. The smallest absolute Gasteiger partial charge is 0.335 e. The molecule has 0 saturated heterocycles. The van der Waals surface area contributed by atoms with Crippen LogP contribution < -0.4 is 0 Å². The largest absolute Gasteiger partial charge is 0.478 e. The number of fused-ring (bicyclic) bond motifs is 1. The Morgan fingerprint density at radius 3 is 2.58 bits per heavy atom. The van der Waals surface area contributed by atoms with Gasteiger partial charge >= 0.3 is 5.97 Å². The minimum atomic E-state index is -0.960. The summed E-state index contributed by atoms with van der Waals surface area (Å²) in [4.78, 5) is 29.1. The van der Waals surface area contributed by atoms with Gasteiger partial charge in [-0.25, -0.2) is 9.78 Å². The number of benzene rings is 1. The Hall–Kier alpha value is -3.15. The Balaban J connectivity index is 1.99. The Morgan fingerprint density at radius 1 is 1.13 bits per heavy atom. The molecule has 0 atom stereocenters. The first kappa shape index (κ1) is 21.1. The fourth-order valence-corrected chi connectivity index (χ4v) is 4.49. The van der Waals surface area contributed by atoms with E-state index in [9.17, 15) is 14.7 Å². The Bertz CT molecular complexity index is 1340. The summed E-state index contributed by atoms with van der Waals surface area (Å²) < 4.78 is 1.81. The molecular formula is C24H18Cl2N2O3. The molecule has 0 radical (unpaired) electrons.